The van der Waals surface area contributed by atoms with Gasteiger partial charge < -0.3 is 0 Å². The number of halogens is 1. The van der Waals surface area contributed by atoms with E-state index in [4.69, 9.17) is 18.2 Å². The Morgan fingerprint density at radius 3 is 2.42 bits per heavy atom. The van der Waals surface area contributed by atoms with Gasteiger partial charge in [-0.05, 0) is 11.1 Å². The molecule has 0 aliphatic rings. The number of hydrogen-bond donors (Lipinski definition) is 0. The molecule has 0 saturated carbocycles. The third-order valence-corrected chi connectivity index (χ3v) is 1.84. The largest absolute Gasteiger partial charge is 0.122 e. The molecule has 0 heterocycles. The summed E-state index contributed by atoms with van der Waals surface area (Å²) in [6.45, 7) is 5.20. The molecule has 61 valence electrons. The van der Waals surface area contributed by atoms with Crippen LogP contribution in [-0.2, 0) is 5.88 Å². The monoisotopic (exact) mass is 177 g/mol. The Kier molecular flexibility index (Phi) is 3.62. The van der Waals surface area contributed by atoms with Crippen LogP contribution in [0.15, 0.2) is 36.4 Å². The van der Waals surface area contributed by atoms with Crippen molar-refractivity contribution in [2.45, 2.75) is 5.88 Å². The van der Waals surface area contributed by atoms with E-state index in [1.807, 2.05) is 30.3 Å². The van der Waals surface area contributed by atoms with E-state index in [-0.39, 0.29) is 0 Å². The molecule has 0 nitrogen and oxygen atoms in total. The molecule has 1 heteroatoms. The van der Waals surface area contributed by atoms with Gasteiger partial charge in [0.25, 0.3) is 0 Å². The van der Waals surface area contributed by atoms with Gasteiger partial charge in [0.2, 0.25) is 0 Å². The molecule has 0 spiro atoms. The first-order chi connectivity index (χ1) is 5.86. The molecule has 0 amide bonds. The van der Waals surface area contributed by atoms with Gasteiger partial charge in [-0.1, -0.05) is 49.1 Å². The van der Waals surface area contributed by atoms with Crippen LogP contribution < -0.4 is 0 Å². The maximum absolute atomic E-state index is 5.64. The molecule has 0 atom stereocenters. The van der Waals surface area contributed by atoms with E-state index in [9.17, 15) is 0 Å². The summed E-state index contributed by atoms with van der Waals surface area (Å²) in [7, 11) is 0. The van der Waals surface area contributed by atoms with Crippen molar-refractivity contribution in [3.63, 3.8) is 0 Å². The van der Waals surface area contributed by atoms with Crippen LogP contribution >= 0.6 is 11.6 Å². The van der Waals surface area contributed by atoms with Gasteiger partial charge >= 0.3 is 0 Å². The molecule has 1 radical (unpaired) electrons. The number of allylic oxidation sites excluding steroid dienone is 2. The van der Waals surface area contributed by atoms with E-state index < -0.39 is 0 Å². The normalized spacial score (nSPS) is 10.4. The van der Waals surface area contributed by atoms with Gasteiger partial charge in [0.15, 0.2) is 0 Å². The van der Waals surface area contributed by atoms with E-state index in [1.165, 1.54) is 6.08 Å². The summed E-state index contributed by atoms with van der Waals surface area (Å²) in [6.07, 6.45) is 5.25. The van der Waals surface area contributed by atoms with E-state index in [1.54, 1.807) is 6.08 Å². The summed E-state index contributed by atoms with van der Waals surface area (Å²) in [5.74, 6) is 0.563. The second kappa shape index (κ2) is 4.78. The van der Waals surface area contributed by atoms with Gasteiger partial charge in [-0.3, -0.25) is 0 Å². The van der Waals surface area contributed by atoms with E-state index >= 15 is 0 Å². The molecular formula is C11H10Cl. The van der Waals surface area contributed by atoms with Crippen LogP contribution in [0.1, 0.15) is 11.1 Å². The number of benzene rings is 1. The Bertz CT molecular complexity index is 270. The molecule has 0 aliphatic heterocycles. The maximum atomic E-state index is 5.64. The lowest BCUT2D eigenvalue weighted by atomic mass is 10.1. The first-order valence-corrected chi connectivity index (χ1v) is 4.27. The van der Waals surface area contributed by atoms with Crippen molar-refractivity contribution in [2.75, 3.05) is 0 Å². The topological polar surface area (TPSA) is 0 Å². The fourth-order valence-electron chi connectivity index (χ4n) is 0.885. The van der Waals surface area contributed by atoms with Crippen molar-refractivity contribution in [3.05, 3.63) is 54.1 Å². The first-order valence-electron chi connectivity index (χ1n) is 3.73. The Hall–Kier alpha value is -1.01. The average molecular weight is 178 g/mol. The smallest absolute Gasteiger partial charge is 0.0474 e. The molecular weight excluding hydrogens is 168 g/mol. The summed E-state index contributed by atoms with van der Waals surface area (Å²) in [6, 6.07) is 8.03. The summed E-state index contributed by atoms with van der Waals surface area (Å²) >= 11 is 5.64. The highest BCUT2D eigenvalue weighted by Crippen LogP contribution is 2.07. The zero-order valence-corrected chi connectivity index (χ0v) is 7.46. The molecule has 0 bridgehead atoms. The molecule has 0 fully saturated rings. The van der Waals surface area contributed by atoms with Crippen molar-refractivity contribution in [3.8, 4) is 0 Å². The van der Waals surface area contributed by atoms with Gasteiger partial charge in [0.05, 0.1) is 0 Å². The zero-order valence-electron chi connectivity index (χ0n) is 6.70. The Balaban J connectivity index is 2.77. The molecule has 0 unspecified atom stereocenters. The molecule has 1 rings (SSSR count). The minimum absolute atomic E-state index is 0.563. The van der Waals surface area contributed by atoms with E-state index in [2.05, 4.69) is 0 Å². The molecule has 0 aliphatic carbocycles. The summed E-state index contributed by atoms with van der Waals surface area (Å²) in [5, 5.41) is 0. The third-order valence-electron chi connectivity index (χ3n) is 1.53. The highest BCUT2D eigenvalue weighted by atomic mass is 35.5. The van der Waals surface area contributed by atoms with Gasteiger partial charge in [0.1, 0.15) is 0 Å². The molecule has 0 N–H and O–H groups in total. The predicted octanol–water partition coefficient (Wildman–Crippen LogP) is 3.43. The van der Waals surface area contributed by atoms with E-state index in [0.29, 0.717) is 5.88 Å². The van der Waals surface area contributed by atoms with Crippen LogP contribution in [-0.4, -0.2) is 0 Å². The van der Waals surface area contributed by atoms with Crippen molar-refractivity contribution in [1.82, 2.24) is 0 Å². The molecule has 12 heavy (non-hydrogen) atoms. The van der Waals surface area contributed by atoms with Crippen molar-refractivity contribution < 1.29 is 0 Å². The molecule has 1 aromatic carbocycles. The fourth-order valence-corrected chi connectivity index (χ4v) is 1.06. The van der Waals surface area contributed by atoms with Crippen molar-refractivity contribution in [2.24, 2.45) is 0 Å². The maximum Gasteiger partial charge on any atom is 0.0474 e. The lowest BCUT2D eigenvalue weighted by Crippen LogP contribution is -1.76. The SMILES string of the molecule is [CH]=CC=Cc1ccc(CCl)cc1. The quantitative estimate of drug-likeness (QED) is 0.490. The zero-order chi connectivity index (χ0) is 8.81. The minimum Gasteiger partial charge on any atom is -0.122 e. The van der Waals surface area contributed by atoms with Crippen LogP contribution in [0.5, 0.6) is 0 Å². The van der Waals surface area contributed by atoms with Crippen LogP contribution in [0.25, 0.3) is 6.08 Å². The van der Waals surface area contributed by atoms with Crippen LogP contribution in [0, 0.1) is 6.58 Å². The lowest BCUT2D eigenvalue weighted by molar-refractivity contribution is 1.40. The van der Waals surface area contributed by atoms with Gasteiger partial charge in [-0.2, -0.15) is 0 Å². The Morgan fingerprint density at radius 2 is 1.92 bits per heavy atom. The molecule has 1 aromatic rings. The fraction of sp³-hybridized carbons (Fsp3) is 0.0909. The first kappa shape index (κ1) is 9.08. The second-order valence-electron chi connectivity index (χ2n) is 2.43. The Morgan fingerprint density at radius 1 is 1.25 bits per heavy atom. The molecule has 0 aromatic heterocycles. The standard InChI is InChI=1S/C11H10Cl/c1-2-3-4-10-5-7-11(9-12)8-6-10/h1-8H,9H2. The van der Waals surface area contributed by atoms with Crippen molar-refractivity contribution >= 4 is 17.7 Å². The summed E-state index contributed by atoms with van der Waals surface area (Å²) in [5.41, 5.74) is 2.26. The van der Waals surface area contributed by atoms with Crippen LogP contribution in [0.4, 0.5) is 0 Å². The third kappa shape index (κ3) is 2.55. The highest BCUT2D eigenvalue weighted by molar-refractivity contribution is 6.17. The molecule has 0 saturated heterocycles. The van der Waals surface area contributed by atoms with Gasteiger partial charge in [-0.25, -0.2) is 0 Å². The van der Waals surface area contributed by atoms with Gasteiger partial charge in [0, 0.05) is 5.88 Å². The number of rotatable bonds is 3. The summed E-state index contributed by atoms with van der Waals surface area (Å²) < 4.78 is 0. The highest BCUT2D eigenvalue weighted by Gasteiger charge is 1.88. The van der Waals surface area contributed by atoms with E-state index in [0.717, 1.165) is 11.1 Å². The Labute approximate surface area is 78.2 Å². The predicted molar refractivity (Wildman–Crippen MR) is 53.9 cm³/mol. The van der Waals surface area contributed by atoms with Crippen LogP contribution in [0.3, 0.4) is 0 Å². The number of hydrogen-bond acceptors (Lipinski definition) is 0. The average Bonchev–Trinajstić information content (AvgIpc) is 2.15. The number of alkyl halides is 1. The minimum atomic E-state index is 0.563. The lowest BCUT2D eigenvalue weighted by Gasteiger charge is -1.95. The van der Waals surface area contributed by atoms with Crippen molar-refractivity contribution in [1.29, 1.82) is 0 Å². The summed E-state index contributed by atoms with van der Waals surface area (Å²) in [4.78, 5) is 0. The van der Waals surface area contributed by atoms with Gasteiger partial charge in [-0.15, -0.1) is 11.6 Å². The van der Waals surface area contributed by atoms with Crippen LogP contribution in [0.2, 0.25) is 0 Å². The second-order valence-corrected chi connectivity index (χ2v) is 2.69.